The van der Waals surface area contributed by atoms with E-state index in [9.17, 15) is 0 Å². The van der Waals surface area contributed by atoms with Crippen molar-refractivity contribution in [2.75, 3.05) is 0 Å². The number of rotatable bonds is 0. The molecule has 0 N–H and O–H groups in total. The van der Waals surface area contributed by atoms with Gasteiger partial charge in [-0.15, -0.1) is 0 Å². The predicted molar refractivity (Wildman–Crippen MR) is 52.0 cm³/mol. The Kier molecular flexibility index (Phi) is 1.76. The topological polar surface area (TPSA) is 0 Å². The van der Waals surface area contributed by atoms with Crippen LogP contribution in [-0.2, 0) is 0 Å². The number of hydrogen-bond acceptors (Lipinski definition) is 0. The van der Waals surface area contributed by atoms with Crippen molar-refractivity contribution in [3.63, 3.8) is 0 Å². The number of hydrogen-bond donors (Lipinski definition) is 0. The van der Waals surface area contributed by atoms with E-state index in [2.05, 4.69) is 50.6 Å². The van der Waals surface area contributed by atoms with Crippen LogP contribution in [0.25, 0.3) is 0 Å². The van der Waals surface area contributed by atoms with Crippen molar-refractivity contribution in [1.82, 2.24) is 0 Å². The molecule has 1 aliphatic rings. The highest BCUT2D eigenvalue weighted by Crippen LogP contribution is 2.30. The molecule has 1 aromatic carbocycles. The van der Waals surface area contributed by atoms with Gasteiger partial charge in [-0.3, -0.25) is 0 Å². The van der Waals surface area contributed by atoms with Gasteiger partial charge in [0, 0.05) is 6.42 Å². The summed E-state index contributed by atoms with van der Waals surface area (Å²) in [7, 11) is 0. The monoisotopic (exact) mass is 157 g/mol. The quantitative estimate of drug-likeness (QED) is 0.542. The predicted octanol–water partition coefficient (Wildman–Crippen LogP) is 3.30. The summed E-state index contributed by atoms with van der Waals surface area (Å²) in [6.07, 6.45) is 4.55. The van der Waals surface area contributed by atoms with Gasteiger partial charge >= 0.3 is 0 Å². The minimum atomic E-state index is 0.575. The summed E-state index contributed by atoms with van der Waals surface area (Å²) in [5, 5.41) is 0. The van der Waals surface area contributed by atoms with Crippen molar-refractivity contribution in [3.05, 3.63) is 53.5 Å². The molecule has 0 nitrogen and oxygen atoms in total. The first kappa shape index (κ1) is 7.60. The Labute approximate surface area is 73.9 Å². The van der Waals surface area contributed by atoms with Crippen molar-refractivity contribution < 1.29 is 0 Å². The van der Waals surface area contributed by atoms with Crippen LogP contribution in [0.15, 0.2) is 35.9 Å². The van der Waals surface area contributed by atoms with E-state index in [0.29, 0.717) is 5.92 Å². The second kappa shape index (κ2) is 2.78. The Balaban J connectivity index is 2.48. The molecule has 1 unspecified atom stereocenters. The van der Waals surface area contributed by atoms with Gasteiger partial charge in [0.05, 0.1) is 0 Å². The maximum atomic E-state index is 2.31. The average Bonchev–Trinajstić information content (AvgIpc) is 2.04. The lowest BCUT2D eigenvalue weighted by Gasteiger charge is -2.19. The molecule has 0 aliphatic heterocycles. The molecule has 2 rings (SSSR count). The van der Waals surface area contributed by atoms with Gasteiger partial charge in [-0.25, -0.2) is 0 Å². The van der Waals surface area contributed by atoms with Crippen LogP contribution >= 0.6 is 0 Å². The van der Waals surface area contributed by atoms with E-state index in [4.69, 9.17) is 0 Å². The van der Waals surface area contributed by atoms with Crippen molar-refractivity contribution in [3.8, 4) is 0 Å². The maximum Gasteiger partial charge on any atom is 0.0155 e. The van der Waals surface area contributed by atoms with E-state index in [-0.39, 0.29) is 0 Å². The van der Waals surface area contributed by atoms with Gasteiger partial charge in [-0.05, 0) is 24.0 Å². The molecule has 1 radical (unpaired) electrons. The standard InChI is InChI=1S/C12H13/c1-9-7-10(2)12-6-4-3-5-11(12)8-9/h3-8,10H,1-2H3. The van der Waals surface area contributed by atoms with Gasteiger partial charge in [0.2, 0.25) is 0 Å². The Hall–Kier alpha value is -1.04. The van der Waals surface area contributed by atoms with Gasteiger partial charge in [0.1, 0.15) is 0 Å². The number of benzene rings is 1. The molecular weight excluding hydrogens is 144 g/mol. The SMILES string of the molecule is CC1=CC(C)c2ccccc2[CH]1. The Morgan fingerprint density at radius 3 is 2.75 bits per heavy atom. The summed E-state index contributed by atoms with van der Waals surface area (Å²) in [4.78, 5) is 0. The number of fused-ring (bicyclic) bond motifs is 1. The van der Waals surface area contributed by atoms with Crippen molar-refractivity contribution >= 4 is 0 Å². The fourth-order valence-corrected chi connectivity index (χ4v) is 1.83. The Bertz CT molecular complexity index is 321. The fourth-order valence-electron chi connectivity index (χ4n) is 1.83. The molecule has 61 valence electrons. The van der Waals surface area contributed by atoms with E-state index in [1.807, 2.05) is 0 Å². The largest absolute Gasteiger partial charge is 0.0777 e. The zero-order valence-electron chi connectivity index (χ0n) is 7.54. The third-order valence-electron chi connectivity index (χ3n) is 2.38. The van der Waals surface area contributed by atoms with E-state index < -0.39 is 0 Å². The van der Waals surface area contributed by atoms with Crippen LogP contribution < -0.4 is 0 Å². The second-order valence-corrected chi connectivity index (χ2v) is 3.47. The van der Waals surface area contributed by atoms with Crippen LogP contribution in [0.4, 0.5) is 0 Å². The van der Waals surface area contributed by atoms with E-state index in [0.717, 1.165) is 0 Å². The molecule has 1 aromatic rings. The van der Waals surface area contributed by atoms with Gasteiger partial charge in [0.15, 0.2) is 0 Å². The maximum absolute atomic E-state index is 2.31. The lowest BCUT2D eigenvalue weighted by molar-refractivity contribution is 0.922. The van der Waals surface area contributed by atoms with E-state index in [1.54, 1.807) is 0 Å². The zero-order valence-corrected chi connectivity index (χ0v) is 7.54. The molecule has 12 heavy (non-hydrogen) atoms. The van der Waals surface area contributed by atoms with Crippen LogP contribution in [0.5, 0.6) is 0 Å². The highest BCUT2D eigenvalue weighted by atomic mass is 14.2. The van der Waals surface area contributed by atoms with Crippen LogP contribution in [-0.4, -0.2) is 0 Å². The number of allylic oxidation sites excluding steroid dienone is 2. The molecule has 0 aromatic heterocycles. The summed E-state index contributed by atoms with van der Waals surface area (Å²) in [6, 6.07) is 8.60. The fraction of sp³-hybridized carbons (Fsp3) is 0.250. The molecule has 1 aliphatic carbocycles. The van der Waals surface area contributed by atoms with E-state index in [1.165, 1.54) is 16.7 Å². The summed E-state index contributed by atoms with van der Waals surface area (Å²) < 4.78 is 0. The molecule has 0 amide bonds. The third-order valence-corrected chi connectivity index (χ3v) is 2.38. The summed E-state index contributed by atoms with van der Waals surface area (Å²) in [6.45, 7) is 4.40. The Morgan fingerprint density at radius 1 is 1.17 bits per heavy atom. The van der Waals surface area contributed by atoms with E-state index >= 15 is 0 Å². The molecule has 1 atom stereocenters. The third kappa shape index (κ3) is 1.18. The molecule has 0 saturated carbocycles. The Morgan fingerprint density at radius 2 is 1.92 bits per heavy atom. The highest BCUT2D eigenvalue weighted by molar-refractivity contribution is 5.47. The minimum absolute atomic E-state index is 0.575. The first-order valence-corrected chi connectivity index (χ1v) is 4.39. The average molecular weight is 157 g/mol. The summed E-state index contributed by atoms with van der Waals surface area (Å²) in [5.74, 6) is 0.575. The molecule has 0 saturated heterocycles. The minimum Gasteiger partial charge on any atom is -0.0777 e. The molecule has 0 heteroatoms. The summed E-state index contributed by atoms with van der Waals surface area (Å²) >= 11 is 0. The summed E-state index contributed by atoms with van der Waals surface area (Å²) in [5.41, 5.74) is 4.20. The van der Waals surface area contributed by atoms with Gasteiger partial charge in [-0.1, -0.05) is 42.8 Å². The van der Waals surface area contributed by atoms with Gasteiger partial charge < -0.3 is 0 Å². The van der Waals surface area contributed by atoms with Crippen LogP contribution in [0.1, 0.15) is 30.9 Å². The van der Waals surface area contributed by atoms with Gasteiger partial charge in [-0.2, -0.15) is 0 Å². The van der Waals surface area contributed by atoms with Crippen molar-refractivity contribution in [1.29, 1.82) is 0 Å². The van der Waals surface area contributed by atoms with Gasteiger partial charge in [0.25, 0.3) is 0 Å². The van der Waals surface area contributed by atoms with Crippen LogP contribution in [0.2, 0.25) is 0 Å². The molecule has 0 heterocycles. The normalized spacial score (nSPS) is 21.5. The molecule has 0 bridgehead atoms. The smallest absolute Gasteiger partial charge is 0.0155 e. The van der Waals surface area contributed by atoms with Crippen molar-refractivity contribution in [2.24, 2.45) is 0 Å². The highest BCUT2D eigenvalue weighted by Gasteiger charge is 2.13. The first-order valence-electron chi connectivity index (χ1n) is 4.39. The molecule has 0 spiro atoms. The first-order chi connectivity index (χ1) is 5.77. The lowest BCUT2D eigenvalue weighted by atomic mass is 9.86. The van der Waals surface area contributed by atoms with Crippen LogP contribution in [0.3, 0.4) is 0 Å². The second-order valence-electron chi connectivity index (χ2n) is 3.47. The molecular formula is C12H13. The zero-order chi connectivity index (χ0) is 8.55. The lowest BCUT2D eigenvalue weighted by Crippen LogP contribution is -2.02. The van der Waals surface area contributed by atoms with Crippen LogP contribution in [0, 0.1) is 6.42 Å². The van der Waals surface area contributed by atoms with Crippen molar-refractivity contribution in [2.45, 2.75) is 19.8 Å². The molecule has 0 fully saturated rings.